The summed E-state index contributed by atoms with van der Waals surface area (Å²) in [6.45, 7) is 0. The van der Waals surface area contributed by atoms with Gasteiger partial charge in [-0.2, -0.15) is 0 Å². The Labute approximate surface area is 191 Å². The van der Waals surface area contributed by atoms with E-state index in [2.05, 4.69) is 21.2 Å². The van der Waals surface area contributed by atoms with Crippen LogP contribution in [0.2, 0.25) is 0 Å². The van der Waals surface area contributed by atoms with Gasteiger partial charge in [0.2, 0.25) is 0 Å². The Bertz CT molecular complexity index is 918. The number of imidazole rings is 1. The highest BCUT2D eigenvalue weighted by atomic mass is 16.1. The van der Waals surface area contributed by atoms with Crippen molar-refractivity contribution in [3.05, 3.63) is 29.6 Å². The quantitative estimate of drug-likeness (QED) is 0.606. The third-order valence-electron chi connectivity index (χ3n) is 7.97. The summed E-state index contributed by atoms with van der Waals surface area (Å²) < 4.78 is 2.16. The van der Waals surface area contributed by atoms with Crippen molar-refractivity contribution < 1.29 is 4.79 Å². The van der Waals surface area contributed by atoms with E-state index in [1.165, 1.54) is 69.9 Å². The summed E-state index contributed by atoms with van der Waals surface area (Å²) >= 11 is 0. The number of nitrogens with zero attached hydrogens (tertiary/aromatic N) is 2. The number of rotatable bonds is 5. The van der Waals surface area contributed by atoms with E-state index in [-0.39, 0.29) is 18.0 Å². The highest BCUT2D eigenvalue weighted by Crippen LogP contribution is 2.38. The largest absolute Gasteiger partial charge is 0.367 e. The van der Waals surface area contributed by atoms with E-state index in [9.17, 15) is 4.79 Å². The number of carbonyl (C=O) groups excluding carboxylic acids is 1. The van der Waals surface area contributed by atoms with Crippen molar-refractivity contribution in [2.45, 2.75) is 114 Å². The minimum absolute atomic E-state index is 0.000446. The van der Waals surface area contributed by atoms with Gasteiger partial charge < -0.3 is 16.4 Å². The SMILES string of the molecule is NC1CCC(NC(=O)c2cccn3c(NC4CCCCC4)c(C4CCCCC4)nc23)CC1. The first-order chi connectivity index (χ1) is 15.7. The van der Waals surface area contributed by atoms with Crippen molar-refractivity contribution in [3.63, 3.8) is 0 Å². The van der Waals surface area contributed by atoms with Crippen LogP contribution in [0.25, 0.3) is 5.65 Å². The maximum Gasteiger partial charge on any atom is 0.255 e. The van der Waals surface area contributed by atoms with Crippen LogP contribution in [0.3, 0.4) is 0 Å². The summed E-state index contributed by atoms with van der Waals surface area (Å²) in [4.78, 5) is 18.4. The van der Waals surface area contributed by atoms with E-state index in [1.54, 1.807) is 0 Å². The molecule has 3 aliphatic rings. The molecule has 6 nitrogen and oxygen atoms in total. The lowest BCUT2D eigenvalue weighted by atomic mass is 9.86. The van der Waals surface area contributed by atoms with Crippen molar-refractivity contribution >= 4 is 17.4 Å². The maximum atomic E-state index is 13.3. The van der Waals surface area contributed by atoms with Gasteiger partial charge >= 0.3 is 0 Å². The zero-order chi connectivity index (χ0) is 21.9. The van der Waals surface area contributed by atoms with Gasteiger partial charge in [0, 0.05) is 30.2 Å². The third kappa shape index (κ3) is 4.66. The lowest BCUT2D eigenvalue weighted by Gasteiger charge is -2.27. The molecule has 0 spiro atoms. The van der Waals surface area contributed by atoms with Crippen LogP contribution in [0.4, 0.5) is 5.82 Å². The Morgan fingerprint density at radius 3 is 2.31 bits per heavy atom. The molecule has 3 saturated carbocycles. The van der Waals surface area contributed by atoms with Crippen LogP contribution in [0.15, 0.2) is 18.3 Å². The molecular formula is C26H39N5O. The first-order valence-electron chi connectivity index (χ1n) is 13.0. The van der Waals surface area contributed by atoms with Crippen LogP contribution in [0, 0.1) is 0 Å². The van der Waals surface area contributed by atoms with E-state index >= 15 is 0 Å². The van der Waals surface area contributed by atoms with E-state index in [0.29, 0.717) is 17.5 Å². The number of fused-ring (bicyclic) bond motifs is 1. The fourth-order valence-electron chi connectivity index (χ4n) is 6.03. The van der Waals surface area contributed by atoms with Gasteiger partial charge in [0.25, 0.3) is 5.91 Å². The molecule has 6 heteroatoms. The maximum absolute atomic E-state index is 13.3. The van der Waals surface area contributed by atoms with Gasteiger partial charge in [0.05, 0.1) is 11.3 Å². The van der Waals surface area contributed by atoms with Gasteiger partial charge in [0.1, 0.15) is 5.82 Å². The molecule has 5 rings (SSSR count). The molecule has 174 valence electrons. The molecule has 0 bridgehead atoms. The molecule has 0 saturated heterocycles. The predicted molar refractivity (Wildman–Crippen MR) is 129 cm³/mol. The molecule has 2 aromatic rings. The van der Waals surface area contributed by atoms with Gasteiger partial charge in [-0.15, -0.1) is 0 Å². The van der Waals surface area contributed by atoms with Crippen molar-refractivity contribution in [2.24, 2.45) is 5.73 Å². The standard InChI is InChI=1S/C26H39N5O/c27-19-13-15-21(16-14-19)29-26(32)22-12-7-17-31-24(22)30-23(18-8-3-1-4-9-18)25(31)28-20-10-5-2-6-11-20/h7,12,17-21,28H,1-6,8-11,13-16,27H2,(H,29,32). The van der Waals surface area contributed by atoms with Crippen molar-refractivity contribution in [2.75, 3.05) is 5.32 Å². The Balaban J connectivity index is 1.46. The molecule has 0 radical (unpaired) electrons. The average molecular weight is 438 g/mol. The molecule has 4 N–H and O–H groups in total. The second-order valence-electron chi connectivity index (χ2n) is 10.4. The minimum Gasteiger partial charge on any atom is -0.367 e. The van der Waals surface area contributed by atoms with Crippen LogP contribution < -0.4 is 16.4 Å². The van der Waals surface area contributed by atoms with E-state index in [0.717, 1.165) is 37.1 Å². The lowest BCUT2D eigenvalue weighted by Crippen LogP contribution is -2.40. The topological polar surface area (TPSA) is 84.5 Å². The summed E-state index contributed by atoms with van der Waals surface area (Å²) in [5.74, 6) is 1.63. The summed E-state index contributed by atoms with van der Waals surface area (Å²) in [5.41, 5.74) is 8.72. The second kappa shape index (κ2) is 9.82. The first kappa shape index (κ1) is 21.7. The molecule has 0 unspecified atom stereocenters. The van der Waals surface area contributed by atoms with Crippen LogP contribution >= 0.6 is 0 Å². The van der Waals surface area contributed by atoms with Crippen LogP contribution in [-0.4, -0.2) is 33.4 Å². The van der Waals surface area contributed by atoms with E-state index < -0.39 is 0 Å². The Hall–Kier alpha value is -2.08. The summed E-state index contributed by atoms with van der Waals surface area (Å²) in [6, 6.07) is 4.94. The first-order valence-corrected chi connectivity index (χ1v) is 13.0. The van der Waals surface area contributed by atoms with Gasteiger partial charge in [-0.3, -0.25) is 9.20 Å². The van der Waals surface area contributed by atoms with Gasteiger partial charge in [0.15, 0.2) is 5.65 Å². The number of carbonyl (C=O) groups is 1. The Morgan fingerprint density at radius 2 is 1.59 bits per heavy atom. The molecule has 1 amide bonds. The van der Waals surface area contributed by atoms with Crippen molar-refractivity contribution in [3.8, 4) is 0 Å². The monoisotopic (exact) mass is 437 g/mol. The Kier molecular flexibility index (Phi) is 6.67. The number of anilines is 1. The number of nitrogens with two attached hydrogens (primary N) is 1. The third-order valence-corrected chi connectivity index (χ3v) is 7.97. The number of amides is 1. The number of hydrogen-bond donors (Lipinski definition) is 3. The fourth-order valence-corrected chi connectivity index (χ4v) is 6.03. The molecule has 0 atom stereocenters. The summed E-state index contributed by atoms with van der Waals surface area (Å²) in [6.07, 6.45) is 18.7. The van der Waals surface area contributed by atoms with Crippen molar-refractivity contribution in [1.82, 2.24) is 14.7 Å². The van der Waals surface area contributed by atoms with Crippen molar-refractivity contribution in [1.29, 1.82) is 0 Å². The smallest absolute Gasteiger partial charge is 0.255 e. The molecule has 32 heavy (non-hydrogen) atoms. The number of hydrogen-bond acceptors (Lipinski definition) is 4. The predicted octanol–water partition coefficient (Wildman–Crippen LogP) is 5.13. The van der Waals surface area contributed by atoms with Crippen LogP contribution in [-0.2, 0) is 0 Å². The molecule has 2 heterocycles. The zero-order valence-electron chi connectivity index (χ0n) is 19.3. The molecule has 0 aromatic carbocycles. The second-order valence-corrected chi connectivity index (χ2v) is 10.4. The van der Waals surface area contributed by atoms with E-state index in [4.69, 9.17) is 10.7 Å². The molecule has 3 fully saturated rings. The summed E-state index contributed by atoms with van der Waals surface area (Å²) in [7, 11) is 0. The Morgan fingerprint density at radius 1 is 0.906 bits per heavy atom. The summed E-state index contributed by atoms with van der Waals surface area (Å²) in [5, 5.41) is 7.15. The lowest BCUT2D eigenvalue weighted by molar-refractivity contribution is 0.0927. The van der Waals surface area contributed by atoms with Gasteiger partial charge in [-0.05, 0) is 63.5 Å². The fraction of sp³-hybridized carbons (Fsp3) is 0.692. The average Bonchev–Trinajstić information content (AvgIpc) is 3.20. The number of pyridine rings is 1. The van der Waals surface area contributed by atoms with Crippen LogP contribution in [0.5, 0.6) is 0 Å². The van der Waals surface area contributed by atoms with Crippen LogP contribution in [0.1, 0.15) is 112 Å². The minimum atomic E-state index is 0.000446. The van der Waals surface area contributed by atoms with Gasteiger partial charge in [-0.25, -0.2) is 4.98 Å². The highest BCUT2D eigenvalue weighted by molar-refractivity contribution is 6.00. The molecule has 3 aliphatic carbocycles. The molecule has 2 aromatic heterocycles. The zero-order valence-corrected chi connectivity index (χ0v) is 19.3. The number of nitrogens with one attached hydrogen (secondary N) is 2. The highest BCUT2D eigenvalue weighted by Gasteiger charge is 2.28. The van der Waals surface area contributed by atoms with E-state index in [1.807, 2.05) is 12.1 Å². The van der Waals surface area contributed by atoms with Gasteiger partial charge in [-0.1, -0.05) is 38.5 Å². The normalized spacial score (nSPS) is 25.7. The molecule has 0 aliphatic heterocycles. The molecular weight excluding hydrogens is 398 g/mol. The number of aromatic nitrogens is 2.